The van der Waals surface area contributed by atoms with Crippen LogP contribution in [0.4, 0.5) is 5.69 Å². The summed E-state index contributed by atoms with van der Waals surface area (Å²) in [7, 11) is 0. The minimum Gasteiger partial charge on any atom is -0.348 e. The predicted octanol–water partition coefficient (Wildman–Crippen LogP) is 2.66. The average Bonchev–Trinajstić information content (AvgIpc) is 2.68. The summed E-state index contributed by atoms with van der Waals surface area (Å²) in [6.45, 7) is 0.359. The predicted molar refractivity (Wildman–Crippen MR) is 94.0 cm³/mol. The Balaban J connectivity index is 1.72. The Hall–Kier alpha value is -3.54. The Morgan fingerprint density at radius 1 is 0.840 bits per heavy atom. The van der Waals surface area contributed by atoms with Crippen molar-refractivity contribution in [2.24, 2.45) is 0 Å². The molecule has 0 spiro atoms. The van der Waals surface area contributed by atoms with Crippen LogP contribution in [0.15, 0.2) is 73.3 Å². The molecule has 0 saturated heterocycles. The third-order valence-electron chi connectivity index (χ3n) is 3.52. The topological polar surface area (TPSA) is 84.0 Å². The first-order valence-electron chi connectivity index (χ1n) is 7.71. The highest BCUT2D eigenvalue weighted by atomic mass is 16.2. The van der Waals surface area contributed by atoms with Gasteiger partial charge in [0.05, 0.1) is 16.8 Å². The van der Waals surface area contributed by atoms with Gasteiger partial charge in [-0.2, -0.15) is 0 Å². The van der Waals surface area contributed by atoms with Gasteiger partial charge in [0.2, 0.25) is 0 Å². The van der Waals surface area contributed by atoms with Gasteiger partial charge in [0.15, 0.2) is 0 Å². The smallest absolute Gasteiger partial charge is 0.257 e. The fourth-order valence-electron chi connectivity index (χ4n) is 2.26. The van der Waals surface area contributed by atoms with Crippen LogP contribution < -0.4 is 10.6 Å². The number of hydrogen-bond acceptors (Lipinski definition) is 4. The maximum absolute atomic E-state index is 12.5. The van der Waals surface area contributed by atoms with Crippen LogP contribution in [0.3, 0.4) is 0 Å². The second-order valence-corrected chi connectivity index (χ2v) is 5.29. The van der Waals surface area contributed by atoms with Crippen LogP contribution in [-0.2, 0) is 6.54 Å². The van der Waals surface area contributed by atoms with Crippen LogP contribution in [0.25, 0.3) is 0 Å². The van der Waals surface area contributed by atoms with Crippen molar-refractivity contribution in [3.63, 3.8) is 0 Å². The molecule has 2 N–H and O–H groups in total. The van der Waals surface area contributed by atoms with Crippen LogP contribution >= 0.6 is 0 Å². The minimum absolute atomic E-state index is 0.272. The van der Waals surface area contributed by atoms with Gasteiger partial charge in [0.25, 0.3) is 11.8 Å². The van der Waals surface area contributed by atoms with E-state index in [0.717, 1.165) is 5.56 Å². The highest BCUT2D eigenvalue weighted by molar-refractivity contribution is 6.08. The van der Waals surface area contributed by atoms with Gasteiger partial charge in [-0.05, 0) is 35.9 Å². The van der Waals surface area contributed by atoms with Gasteiger partial charge in [-0.3, -0.25) is 19.6 Å². The number of nitrogens with one attached hydrogen (secondary N) is 2. The van der Waals surface area contributed by atoms with Gasteiger partial charge >= 0.3 is 0 Å². The number of hydrogen-bond donors (Lipinski definition) is 2. The largest absolute Gasteiger partial charge is 0.348 e. The molecule has 0 unspecified atom stereocenters. The summed E-state index contributed by atoms with van der Waals surface area (Å²) in [6.07, 6.45) is 6.43. The van der Waals surface area contributed by atoms with Gasteiger partial charge in [0.1, 0.15) is 0 Å². The summed E-state index contributed by atoms with van der Waals surface area (Å²) in [5.41, 5.74) is 2.16. The fraction of sp³-hybridized carbons (Fsp3) is 0.0526. The van der Waals surface area contributed by atoms with E-state index < -0.39 is 0 Å². The van der Waals surface area contributed by atoms with Crippen molar-refractivity contribution in [3.8, 4) is 0 Å². The molecular formula is C19H16N4O2. The van der Waals surface area contributed by atoms with Crippen LogP contribution in [-0.4, -0.2) is 21.8 Å². The highest BCUT2D eigenvalue weighted by Crippen LogP contribution is 2.16. The molecule has 6 nitrogen and oxygen atoms in total. The number of aromatic nitrogens is 2. The van der Waals surface area contributed by atoms with E-state index in [9.17, 15) is 9.59 Å². The van der Waals surface area contributed by atoms with Crippen LogP contribution in [0.2, 0.25) is 0 Å². The molecule has 0 aliphatic carbocycles. The summed E-state index contributed by atoms with van der Waals surface area (Å²) in [4.78, 5) is 32.7. The number of rotatable bonds is 5. The maximum atomic E-state index is 12.5. The molecule has 2 heterocycles. The number of carbonyl (C=O) groups is 2. The average molecular weight is 332 g/mol. The van der Waals surface area contributed by atoms with Crippen molar-refractivity contribution >= 4 is 17.5 Å². The monoisotopic (exact) mass is 332 g/mol. The SMILES string of the molecule is O=C(Nc1ccccc1C(=O)NCc1cccnc1)c1cccnc1. The Morgan fingerprint density at radius 2 is 1.60 bits per heavy atom. The molecule has 0 radical (unpaired) electrons. The molecule has 2 amide bonds. The number of amides is 2. The van der Waals surface area contributed by atoms with E-state index in [4.69, 9.17) is 0 Å². The van der Waals surface area contributed by atoms with E-state index in [-0.39, 0.29) is 11.8 Å². The summed E-state index contributed by atoms with van der Waals surface area (Å²) < 4.78 is 0. The number of carbonyl (C=O) groups excluding carboxylic acids is 2. The van der Waals surface area contributed by atoms with Crippen molar-refractivity contribution in [3.05, 3.63) is 90.0 Å². The highest BCUT2D eigenvalue weighted by Gasteiger charge is 2.14. The zero-order valence-electron chi connectivity index (χ0n) is 13.3. The zero-order valence-corrected chi connectivity index (χ0v) is 13.3. The first-order chi connectivity index (χ1) is 12.2. The number of pyridine rings is 2. The van der Waals surface area contributed by atoms with Crippen molar-refractivity contribution < 1.29 is 9.59 Å². The van der Waals surface area contributed by atoms with Gasteiger partial charge < -0.3 is 10.6 Å². The number of anilines is 1. The Bertz CT molecular complexity index is 867. The lowest BCUT2D eigenvalue weighted by Crippen LogP contribution is -2.25. The Morgan fingerprint density at radius 3 is 2.32 bits per heavy atom. The third-order valence-corrected chi connectivity index (χ3v) is 3.52. The normalized spacial score (nSPS) is 10.1. The molecule has 0 atom stereocenters. The van der Waals surface area contributed by atoms with Crippen molar-refractivity contribution in [1.82, 2.24) is 15.3 Å². The van der Waals surface area contributed by atoms with E-state index in [1.807, 2.05) is 12.1 Å². The fourth-order valence-corrected chi connectivity index (χ4v) is 2.26. The van der Waals surface area contributed by atoms with Crippen LogP contribution in [0, 0.1) is 0 Å². The molecule has 6 heteroatoms. The van der Waals surface area contributed by atoms with Crippen LogP contribution in [0.5, 0.6) is 0 Å². The van der Waals surface area contributed by atoms with Gasteiger partial charge in [0, 0.05) is 31.3 Å². The van der Waals surface area contributed by atoms with E-state index in [1.165, 1.54) is 6.20 Å². The second-order valence-electron chi connectivity index (χ2n) is 5.29. The molecule has 25 heavy (non-hydrogen) atoms. The number of para-hydroxylation sites is 1. The van der Waals surface area contributed by atoms with Crippen LogP contribution in [0.1, 0.15) is 26.3 Å². The molecule has 3 rings (SSSR count). The summed E-state index contributed by atoms with van der Waals surface area (Å²) in [5.74, 6) is -0.591. The summed E-state index contributed by atoms with van der Waals surface area (Å²) in [6, 6.07) is 13.9. The minimum atomic E-state index is -0.319. The molecule has 0 fully saturated rings. The molecular weight excluding hydrogens is 316 g/mol. The van der Waals surface area contributed by atoms with E-state index in [1.54, 1.807) is 55.0 Å². The molecule has 0 aliphatic heterocycles. The molecule has 2 aromatic heterocycles. The first-order valence-corrected chi connectivity index (χ1v) is 7.71. The Labute approximate surface area is 145 Å². The molecule has 1 aromatic carbocycles. The van der Waals surface area contributed by atoms with Crippen molar-refractivity contribution in [2.75, 3.05) is 5.32 Å². The van der Waals surface area contributed by atoms with Gasteiger partial charge in [-0.15, -0.1) is 0 Å². The molecule has 0 aliphatic rings. The number of benzene rings is 1. The van der Waals surface area contributed by atoms with E-state index in [0.29, 0.717) is 23.4 Å². The number of nitrogens with zero attached hydrogens (tertiary/aromatic N) is 2. The first kappa shape index (κ1) is 16.3. The lowest BCUT2D eigenvalue weighted by molar-refractivity contribution is 0.0951. The zero-order chi connectivity index (χ0) is 17.5. The molecule has 0 saturated carbocycles. The lowest BCUT2D eigenvalue weighted by Gasteiger charge is -2.11. The molecule has 0 bridgehead atoms. The van der Waals surface area contributed by atoms with Gasteiger partial charge in [-0.1, -0.05) is 18.2 Å². The quantitative estimate of drug-likeness (QED) is 0.752. The maximum Gasteiger partial charge on any atom is 0.257 e. The van der Waals surface area contributed by atoms with Crippen molar-refractivity contribution in [1.29, 1.82) is 0 Å². The molecule has 3 aromatic rings. The second kappa shape index (κ2) is 7.83. The van der Waals surface area contributed by atoms with Crippen molar-refractivity contribution in [2.45, 2.75) is 6.54 Å². The van der Waals surface area contributed by atoms with E-state index >= 15 is 0 Å². The summed E-state index contributed by atoms with van der Waals surface area (Å²) in [5, 5.41) is 5.58. The Kier molecular flexibility index (Phi) is 5.11. The molecule has 124 valence electrons. The lowest BCUT2D eigenvalue weighted by atomic mass is 10.1. The standard InChI is InChI=1S/C19H16N4O2/c24-18(15-6-4-10-21-13-15)23-17-8-2-1-7-16(17)19(25)22-12-14-5-3-9-20-11-14/h1-11,13H,12H2,(H,22,25)(H,23,24). The van der Waals surface area contributed by atoms with Gasteiger partial charge in [-0.25, -0.2) is 0 Å². The third kappa shape index (κ3) is 4.26. The summed E-state index contributed by atoms with van der Waals surface area (Å²) >= 11 is 0. The van der Waals surface area contributed by atoms with E-state index in [2.05, 4.69) is 20.6 Å².